The van der Waals surface area contributed by atoms with Crippen LogP contribution in [0.1, 0.15) is 46.8 Å². The highest BCUT2D eigenvalue weighted by molar-refractivity contribution is 7.14. The lowest BCUT2D eigenvalue weighted by atomic mass is 9.99. The van der Waals surface area contributed by atoms with Gasteiger partial charge in [-0.25, -0.2) is 0 Å². The summed E-state index contributed by atoms with van der Waals surface area (Å²) in [6.45, 7) is 3.84. The van der Waals surface area contributed by atoms with Crippen LogP contribution in [0.4, 0.5) is 0 Å². The van der Waals surface area contributed by atoms with Crippen LogP contribution in [-0.2, 0) is 12.8 Å². The first kappa shape index (κ1) is 14.8. The Morgan fingerprint density at radius 3 is 2.75 bits per heavy atom. The van der Waals surface area contributed by atoms with E-state index in [2.05, 4.69) is 10.5 Å². The van der Waals surface area contributed by atoms with Gasteiger partial charge in [-0.2, -0.15) is 0 Å². The number of amidine groups is 1. The summed E-state index contributed by atoms with van der Waals surface area (Å²) < 4.78 is 0. The van der Waals surface area contributed by atoms with Crippen molar-refractivity contribution in [1.29, 1.82) is 0 Å². The maximum Gasteiger partial charge on any atom is 0.261 e. The van der Waals surface area contributed by atoms with Gasteiger partial charge < -0.3 is 16.3 Å². The second-order valence-corrected chi connectivity index (χ2v) is 6.62. The number of oxime groups is 1. The summed E-state index contributed by atoms with van der Waals surface area (Å²) >= 11 is 1.56. The molecule has 1 amide bonds. The molecule has 20 heavy (non-hydrogen) atoms. The van der Waals surface area contributed by atoms with Crippen LogP contribution >= 0.6 is 11.3 Å². The number of thiophene rings is 1. The molecule has 1 atom stereocenters. The second-order valence-electron chi connectivity index (χ2n) is 5.49. The normalized spacial score (nSPS) is 16.9. The Morgan fingerprint density at radius 1 is 1.45 bits per heavy atom. The topological polar surface area (TPSA) is 87.7 Å². The summed E-state index contributed by atoms with van der Waals surface area (Å²) in [5.74, 6) is -0.0474. The van der Waals surface area contributed by atoms with Crippen molar-refractivity contribution in [2.45, 2.75) is 45.6 Å². The number of nitrogens with one attached hydrogen (secondary N) is 1. The maximum absolute atomic E-state index is 12.3. The molecule has 1 aliphatic carbocycles. The molecular weight excluding hydrogens is 274 g/mol. The Morgan fingerprint density at radius 2 is 2.15 bits per heavy atom. The molecule has 0 radical (unpaired) electrons. The molecule has 4 N–H and O–H groups in total. The zero-order valence-corrected chi connectivity index (χ0v) is 12.7. The van der Waals surface area contributed by atoms with Crippen LogP contribution in [0, 0.1) is 5.92 Å². The molecule has 0 spiro atoms. The van der Waals surface area contributed by atoms with E-state index in [1.165, 1.54) is 23.3 Å². The summed E-state index contributed by atoms with van der Waals surface area (Å²) in [6.07, 6.45) is 4.53. The third kappa shape index (κ3) is 3.12. The van der Waals surface area contributed by atoms with E-state index in [-0.39, 0.29) is 17.7 Å². The highest BCUT2D eigenvalue weighted by Crippen LogP contribution is 2.29. The summed E-state index contributed by atoms with van der Waals surface area (Å²) in [5, 5.41) is 14.6. The Hall–Kier alpha value is -1.56. The zero-order valence-electron chi connectivity index (χ0n) is 11.8. The van der Waals surface area contributed by atoms with Crippen molar-refractivity contribution in [2.75, 3.05) is 0 Å². The lowest BCUT2D eigenvalue weighted by Crippen LogP contribution is -2.47. The van der Waals surface area contributed by atoms with Crippen molar-refractivity contribution < 1.29 is 10.0 Å². The van der Waals surface area contributed by atoms with E-state index in [0.29, 0.717) is 4.88 Å². The molecular formula is C14H21N3O2S. The van der Waals surface area contributed by atoms with Gasteiger partial charge in [0.25, 0.3) is 5.91 Å². The monoisotopic (exact) mass is 295 g/mol. The molecule has 0 aliphatic heterocycles. The second kappa shape index (κ2) is 6.26. The number of carbonyl (C=O) groups is 1. The van der Waals surface area contributed by atoms with Gasteiger partial charge in [0.1, 0.15) is 0 Å². The minimum absolute atomic E-state index is 0.0367. The maximum atomic E-state index is 12.3. The van der Waals surface area contributed by atoms with Gasteiger partial charge in [0.15, 0.2) is 5.84 Å². The van der Waals surface area contributed by atoms with Crippen LogP contribution < -0.4 is 11.1 Å². The van der Waals surface area contributed by atoms with Crippen LogP contribution in [0.3, 0.4) is 0 Å². The van der Waals surface area contributed by atoms with Gasteiger partial charge in [-0.05, 0) is 43.2 Å². The number of nitrogens with two attached hydrogens (primary N) is 1. The third-order valence-corrected chi connectivity index (χ3v) is 4.84. The standard InChI is InChI=1S/C14H21N3O2S/c1-8(2)12(13(15)17-19)16-14(18)11-7-9-5-3-4-6-10(9)20-11/h7-8,12,19H,3-6H2,1-2H3,(H2,15,17)(H,16,18). The largest absolute Gasteiger partial charge is 0.409 e. The van der Waals surface area contributed by atoms with Crippen LogP contribution in [0.5, 0.6) is 0 Å². The molecule has 1 aromatic rings. The Labute approximate surface area is 122 Å². The molecule has 2 rings (SSSR count). The number of hydrogen-bond acceptors (Lipinski definition) is 4. The minimum Gasteiger partial charge on any atom is -0.409 e. The average molecular weight is 295 g/mol. The van der Waals surface area contributed by atoms with Crippen molar-refractivity contribution in [3.8, 4) is 0 Å². The van der Waals surface area contributed by atoms with E-state index in [1.54, 1.807) is 11.3 Å². The predicted octanol–water partition coefficient (Wildman–Crippen LogP) is 2.13. The molecule has 6 heteroatoms. The molecule has 1 aliphatic rings. The Bertz CT molecular complexity index is 499. The fraction of sp³-hybridized carbons (Fsp3) is 0.571. The van der Waals surface area contributed by atoms with E-state index in [0.717, 1.165) is 12.8 Å². The lowest BCUT2D eigenvalue weighted by Gasteiger charge is -2.20. The number of nitrogens with zero attached hydrogens (tertiary/aromatic N) is 1. The van der Waals surface area contributed by atoms with Gasteiger partial charge in [0.2, 0.25) is 0 Å². The van der Waals surface area contributed by atoms with Gasteiger partial charge in [-0.3, -0.25) is 4.79 Å². The molecule has 0 saturated heterocycles. The first-order valence-electron chi connectivity index (χ1n) is 6.92. The fourth-order valence-corrected chi connectivity index (χ4v) is 3.62. The quantitative estimate of drug-likeness (QED) is 0.344. The van der Waals surface area contributed by atoms with Gasteiger partial charge in [0, 0.05) is 4.88 Å². The van der Waals surface area contributed by atoms with Crippen LogP contribution in [0.25, 0.3) is 0 Å². The van der Waals surface area contributed by atoms with Crippen molar-refractivity contribution in [2.24, 2.45) is 16.8 Å². The number of fused-ring (bicyclic) bond motifs is 1. The average Bonchev–Trinajstić information content (AvgIpc) is 2.87. The number of hydrogen-bond donors (Lipinski definition) is 3. The molecule has 0 fully saturated rings. The van der Waals surface area contributed by atoms with Crippen molar-refractivity contribution in [1.82, 2.24) is 5.32 Å². The smallest absolute Gasteiger partial charge is 0.261 e. The summed E-state index contributed by atoms with van der Waals surface area (Å²) in [4.78, 5) is 14.3. The van der Waals surface area contributed by atoms with Gasteiger partial charge in [0.05, 0.1) is 10.9 Å². The molecule has 1 unspecified atom stereocenters. The zero-order chi connectivity index (χ0) is 14.7. The van der Waals surface area contributed by atoms with E-state index in [4.69, 9.17) is 10.9 Å². The van der Waals surface area contributed by atoms with E-state index in [9.17, 15) is 4.79 Å². The SMILES string of the molecule is CC(C)C(NC(=O)c1cc2c(s1)CCCC2)C(N)=NO. The van der Waals surface area contributed by atoms with Crippen LogP contribution in [0.2, 0.25) is 0 Å². The van der Waals surface area contributed by atoms with Gasteiger partial charge >= 0.3 is 0 Å². The molecule has 5 nitrogen and oxygen atoms in total. The van der Waals surface area contributed by atoms with Gasteiger partial charge in [-0.1, -0.05) is 19.0 Å². The summed E-state index contributed by atoms with van der Waals surface area (Å²) in [5.41, 5.74) is 6.93. The minimum atomic E-state index is -0.452. The molecule has 1 heterocycles. The predicted molar refractivity (Wildman–Crippen MR) is 80.5 cm³/mol. The third-order valence-electron chi connectivity index (χ3n) is 3.61. The van der Waals surface area contributed by atoms with Crippen molar-refractivity contribution in [3.63, 3.8) is 0 Å². The molecule has 0 saturated carbocycles. The van der Waals surface area contributed by atoms with E-state index >= 15 is 0 Å². The highest BCUT2D eigenvalue weighted by Gasteiger charge is 2.23. The summed E-state index contributed by atoms with van der Waals surface area (Å²) in [6, 6.07) is 1.53. The Balaban J connectivity index is 2.12. The first-order valence-corrected chi connectivity index (χ1v) is 7.74. The van der Waals surface area contributed by atoms with Crippen LogP contribution in [0.15, 0.2) is 11.2 Å². The van der Waals surface area contributed by atoms with Crippen LogP contribution in [-0.4, -0.2) is 23.0 Å². The molecule has 0 aromatic carbocycles. The first-order chi connectivity index (χ1) is 9.52. The molecule has 1 aromatic heterocycles. The number of amides is 1. The number of carbonyl (C=O) groups excluding carboxylic acids is 1. The van der Waals surface area contributed by atoms with Crippen molar-refractivity contribution in [3.05, 3.63) is 21.4 Å². The molecule has 0 bridgehead atoms. The van der Waals surface area contributed by atoms with Gasteiger partial charge in [-0.15, -0.1) is 11.3 Å². The lowest BCUT2D eigenvalue weighted by molar-refractivity contribution is 0.0943. The van der Waals surface area contributed by atoms with Crippen molar-refractivity contribution >= 4 is 23.1 Å². The van der Waals surface area contributed by atoms with E-state index < -0.39 is 6.04 Å². The number of rotatable bonds is 4. The molecule has 110 valence electrons. The fourth-order valence-electron chi connectivity index (χ4n) is 2.46. The summed E-state index contributed by atoms with van der Waals surface area (Å²) in [7, 11) is 0. The number of aryl methyl sites for hydroxylation is 2. The Kier molecular flexibility index (Phi) is 4.65. The van der Waals surface area contributed by atoms with E-state index in [1.807, 2.05) is 19.9 Å². The highest BCUT2D eigenvalue weighted by atomic mass is 32.1.